The maximum Gasteiger partial charge on any atom is 0.252 e. The molecule has 1 rings (SSSR count). The Morgan fingerprint density at radius 2 is 2.18 bits per heavy atom. The number of nitrogens with one attached hydrogen (secondary N) is 1. The molecule has 2 atom stereocenters. The summed E-state index contributed by atoms with van der Waals surface area (Å²) in [7, 11) is 0. The van der Waals surface area contributed by atoms with Crippen LogP contribution in [0.1, 0.15) is 30.6 Å². The van der Waals surface area contributed by atoms with Gasteiger partial charge in [0, 0.05) is 15.5 Å². The molecule has 0 saturated heterocycles. The maximum absolute atomic E-state index is 11.9. The Labute approximate surface area is 114 Å². The summed E-state index contributed by atoms with van der Waals surface area (Å²) in [5, 5.41) is 12.6. The molecule has 0 saturated carbocycles. The van der Waals surface area contributed by atoms with Crippen molar-refractivity contribution in [3.63, 3.8) is 0 Å². The molecule has 0 aromatic heterocycles. The fraction of sp³-hybridized carbons (Fsp3) is 0.417. The Hall–Kier alpha value is -0.580. The highest BCUT2D eigenvalue weighted by Gasteiger charge is 2.14. The van der Waals surface area contributed by atoms with Crippen molar-refractivity contribution in [3.8, 4) is 0 Å². The summed E-state index contributed by atoms with van der Waals surface area (Å²) < 4.78 is 0.659. The van der Waals surface area contributed by atoms with Crippen LogP contribution in [0.25, 0.3) is 0 Å². The minimum Gasteiger partial charge on any atom is -0.393 e. The molecule has 0 aliphatic carbocycles. The quantitative estimate of drug-likeness (QED) is 0.896. The lowest BCUT2D eigenvalue weighted by molar-refractivity contribution is 0.0922. The van der Waals surface area contributed by atoms with Gasteiger partial charge < -0.3 is 10.4 Å². The van der Waals surface area contributed by atoms with Gasteiger partial charge in [-0.1, -0.05) is 11.6 Å². The second-order valence-electron chi connectivity index (χ2n) is 4.08. The summed E-state index contributed by atoms with van der Waals surface area (Å²) in [5.74, 6) is -0.179. The molecule has 0 aliphatic heterocycles. The topological polar surface area (TPSA) is 49.3 Å². The fourth-order valence-corrected chi connectivity index (χ4v) is 2.41. The van der Waals surface area contributed by atoms with E-state index in [1.807, 2.05) is 6.92 Å². The van der Waals surface area contributed by atoms with E-state index in [0.29, 0.717) is 21.5 Å². The van der Waals surface area contributed by atoms with E-state index < -0.39 is 6.10 Å². The summed E-state index contributed by atoms with van der Waals surface area (Å²) >= 11 is 9.10. The normalized spacial score (nSPS) is 14.2. The predicted molar refractivity (Wildman–Crippen MR) is 72.4 cm³/mol. The maximum atomic E-state index is 11.9. The smallest absolute Gasteiger partial charge is 0.252 e. The first-order valence-corrected chi connectivity index (χ1v) is 6.51. The summed E-state index contributed by atoms with van der Waals surface area (Å²) in [4.78, 5) is 11.9. The van der Waals surface area contributed by atoms with Gasteiger partial charge in [-0.25, -0.2) is 0 Å². The Bertz CT molecular complexity index is 409. The van der Waals surface area contributed by atoms with E-state index in [1.165, 1.54) is 0 Å². The molecule has 1 aromatic carbocycles. The van der Waals surface area contributed by atoms with Crippen LogP contribution >= 0.6 is 27.5 Å². The minimum atomic E-state index is -0.432. The summed E-state index contributed by atoms with van der Waals surface area (Å²) in [6.45, 7) is 3.55. The van der Waals surface area contributed by atoms with Gasteiger partial charge in [0.05, 0.1) is 11.7 Å². The van der Waals surface area contributed by atoms with Crippen LogP contribution in [-0.4, -0.2) is 23.2 Å². The van der Waals surface area contributed by atoms with Gasteiger partial charge in [-0.2, -0.15) is 0 Å². The van der Waals surface area contributed by atoms with Gasteiger partial charge in [0.15, 0.2) is 0 Å². The standard InChI is InChI=1S/C12H15BrClNO2/c1-7(5-8(2)16)15-12(17)10-4-3-9(14)6-11(10)13/h3-4,6-8,16H,5H2,1-2H3,(H,15,17). The van der Waals surface area contributed by atoms with Crippen LogP contribution < -0.4 is 5.32 Å². The molecule has 0 heterocycles. The highest BCUT2D eigenvalue weighted by atomic mass is 79.9. The molecule has 5 heteroatoms. The molecule has 0 bridgehead atoms. The van der Waals surface area contributed by atoms with Gasteiger partial charge in [-0.15, -0.1) is 0 Å². The average Bonchev–Trinajstić information content (AvgIpc) is 2.15. The Morgan fingerprint density at radius 1 is 1.53 bits per heavy atom. The van der Waals surface area contributed by atoms with E-state index >= 15 is 0 Å². The third-order valence-corrected chi connectivity index (χ3v) is 3.14. The van der Waals surface area contributed by atoms with Crippen molar-refractivity contribution in [1.82, 2.24) is 5.32 Å². The zero-order chi connectivity index (χ0) is 13.0. The van der Waals surface area contributed by atoms with Gasteiger partial charge >= 0.3 is 0 Å². The van der Waals surface area contributed by atoms with Crippen molar-refractivity contribution in [1.29, 1.82) is 0 Å². The van der Waals surface area contributed by atoms with Crippen molar-refractivity contribution >= 4 is 33.4 Å². The second-order valence-corrected chi connectivity index (χ2v) is 5.37. The van der Waals surface area contributed by atoms with Crippen LogP contribution in [0.3, 0.4) is 0 Å². The monoisotopic (exact) mass is 319 g/mol. The minimum absolute atomic E-state index is 0.0786. The highest BCUT2D eigenvalue weighted by molar-refractivity contribution is 9.10. The molecule has 0 fully saturated rings. The van der Waals surface area contributed by atoms with Crippen LogP contribution in [0.15, 0.2) is 22.7 Å². The molecule has 0 spiro atoms. The lowest BCUT2D eigenvalue weighted by atomic mass is 10.1. The number of amides is 1. The van der Waals surface area contributed by atoms with Crippen molar-refractivity contribution in [2.24, 2.45) is 0 Å². The van der Waals surface area contributed by atoms with E-state index in [-0.39, 0.29) is 11.9 Å². The average molecular weight is 321 g/mol. The lowest BCUT2D eigenvalue weighted by Crippen LogP contribution is -2.34. The largest absolute Gasteiger partial charge is 0.393 e. The van der Waals surface area contributed by atoms with E-state index in [0.717, 1.165) is 0 Å². The SMILES string of the molecule is CC(O)CC(C)NC(=O)c1ccc(Cl)cc1Br. The molecule has 2 N–H and O–H groups in total. The molecule has 1 amide bonds. The Morgan fingerprint density at radius 3 is 2.71 bits per heavy atom. The molecular formula is C12H15BrClNO2. The van der Waals surface area contributed by atoms with Gasteiger partial charge in [0.1, 0.15) is 0 Å². The number of hydrogen-bond donors (Lipinski definition) is 2. The van der Waals surface area contributed by atoms with Gasteiger partial charge in [0.25, 0.3) is 5.91 Å². The van der Waals surface area contributed by atoms with Gasteiger partial charge in [0.2, 0.25) is 0 Å². The van der Waals surface area contributed by atoms with Crippen LogP contribution in [-0.2, 0) is 0 Å². The molecular weight excluding hydrogens is 305 g/mol. The summed E-state index contributed by atoms with van der Waals surface area (Å²) in [6.07, 6.45) is 0.0932. The summed E-state index contributed by atoms with van der Waals surface area (Å²) in [5.41, 5.74) is 0.534. The lowest BCUT2D eigenvalue weighted by Gasteiger charge is -2.16. The van der Waals surface area contributed by atoms with Crippen LogP contribution in [0, 0.1) is 0 Å². The van der Waals surface area contributed by atoms with E-state index in [9.17, 15) is 9.90 Å². The zero-order valence-electron chi connectivity index (χ0n) is 9.71. The second kappa shape index (κ2) is 6.38. The molecule has 2 unspecified atom stereocenters. The number of benzene rings is 1. The number of carbonyl (C=O) groups excluding carboxylic acids is 1. The molecule has 94 valence electrons. The highest BCUT2D eigenvalue weighted by Crippen LogP contribution is 2.21. The number of halogens is 2. The third kappa shape index (κ3) is 4.66. The van der Waals surface area contributed by atoms with E-state index in [1.54, 1.807) is 25.1 Å². The number of carbonyl (C=O) groups is 1. The first-order chi connectivity index (χ1) is 7.90. The first-order valence-electron chi connectivity index (χ1n) is 5.34. The third-order valence-electron chi connectivity index (χ3n) is 2.25. The van der Waals surface area contributed by atoms with Crippen LogP contribution in [0.5, 0.6) is 0 Å². The van der Waals surface area contributed by atoms with Crippen molar-refractivity contribution in [2.75, 3.05) is 0 Å². The molecule has 17 heavy (non-hydrogen) atoms. The van der Waals surface area contributed by atoms with Crippen molar-refractivity contribution in [2.45, 2.75) is 32.4 Å². The van der Waals surface area contributed by atoms with E-state index in [2.05, 4.69) is 21.2 Å². The Balaban J connectivity index is 2.70. The number of hydrogen-bond acceptors (Lipinski definition) is 2. The first kappa shape index (κ1) is 14.5. The molecule has 0 aliphatic rings. The summed E-state index contributed by atoms with van der Waals surface area (Å²) in [6, 6.07) is 4.93. The zero-order valence-corrected chi connectivity index (χ0v) is 12.0. The Kier molecular flexibility index (Phi) is 5.43. The van der Waals surface area contributed by atoms with Crippen molar-refractivity contribution < 1.29 is 9.90 Å². The van der Waals surface area contributed by atoms with Crippen LogP contribution in [0.2, 0.25) is 5.02 Å². The van der Waals surface area contributed by atoms with Gasteiger partial charge in [-0.3, -0.25) is 4.79 Å². The molecule has 3 nitrogen and oxygen atoms in total. The van der Waals surface area contributed by atoms with Crippen LogP contribution in [0.4, 0.5) is 0 Å². The molecule has 0 radical (unpaired) electrons. The van der Waals surface area contributed by atoms with E-state index in [4.69, 9.17) is 11.6 Å². The number of aliphatic hydroxyl groups excluding tert-OH is 1. The number of rotatable bonds is 4. The van der Waals surface area contributed by atoms with Crippen molar-refractivity contribution in [3.05, 3.63) is 33.3 Å². The fourth-order valence-electron chi connectivity index (χ4n) is 1.55. The van der Waals surface area contributed by atoms with Gasteiger partial charge in [-0.05, 0) is 54.4 Å². The predicted octanol–water partition coefficient (Wildman–Crippen LogP) is 2.99. The number of aliphatic hydroxyl groups is 1. The molecule has 1 aromatic rings.